The molecule has 0 radical (unpaired) electrons. The molecule has 0 aliphatic carbocycles. The first-order valence-electron chi connectivity index (χ1n) is 8.12. The average molecular weight is 396 g/mol. The number of benzene rings is 2. The van der Waals surface area contributed by atoms with Gasteiger partial charge >= 0.3 is 0 Å². The Kier molecular flexibility index (Phi) is 6.41. The van der Waals surface area contributed by atoms with Crippen LogP contribution in [0.5, 0.6) is 5.75 Å². The Hall–Kier alpha value is -2.89. The van der Waals surface area contributed by atoms with Crippen LogP contribution in [-0.4, -0.2) is 22.2 Å². The number of ether oxygens (including phenoxy) is 1. The van der Waals surface area contributed by atoms with Crippen molar-refractivity contribution in [2.45, 2.75) is 23.1 Å². The Morgan fingerprint density at radius 2 is 1.96 bits per heavy atom. The van der Waals surface area contributed by atoms with E-state index in [1.807, 2.05) is 24.3 Å². The molecule has 0 aliphatic heterocycles. The van der Waals surface area contributed by atoms with Gasteiger partial charge < -0.3 is 4.74 Å². The summed E-state index contributed by atoms with van der Waals surface area (Å²) in [6.07, 6.45) is -0.706. The van der Waals surface area contributed by atoms with Gasteiger partial charge in [-0.15, -0.1) is 10.2 Å². The van der Waals surface area contributed by atoms with E-state index in [9.17, 15) is 4.79 Å². The summed E-state index contributed by atoms with van der Waals surface area (Å²) < 4.78 is 6.38. The third-order valence-electron chi connectivity index (χ3n) is 3.51. The zero-order chi connectivity index (χ0) is 19.1. The number of hydrogen-bond acceptors (Lipinski definition) is 7. The zero-order valence-corrected chi connectivity index (χ0v) is 16.1. The van der Waals surface area contributed by atoms with Crippen LogP contribution in [0.2, 0.25) is 0 Å². The van der Waals surface area contributed by atoms with Crippen LogP contribution in [-0.2, 0) is 10.5 Å². The van der Waals surface area contributed by atoms with Crippen molar-refractivity contribution in [1.29, 1.82) is 5.26 Å². The van der Waals surface area contributed by atoms with Crippen molar-refractivity contribution in [2.24, 2.45) is 0 Å². The van der Waals surface area contributed by atoms with E-state index in [1.165, 1.54) is 16.9 Å². The van der Waals surface area contributed by atoms with Crippen LogP contribution in [0.25, 0.3) is 0 Å². The van der Waals surface area contributed by atoms with E-state index < -0.39 is 6.10 Å². The van der Waals surface area contributed by atoms with Crippen molar-refractivity contribution in [1.82, 2.24) is 10.2 Å². The Balaban J connectivity index is 1.51. The topological polar surface area (TPSA) is 87.9 Å². The molecule has 1 N–H and O–H groups in total. The summed E-state index contributed by atoms with van der Waals surface area (Å²) in [4.78, 5) is 12.3. The number of nitrogens with zero attached hydrogens (tertiary/aromatic N) is 3. The smallest absolute Gasteiger partial charge is 0.266 e. The van der Waals surface area contributed by atoms with E-state index in [2.05, 4.69) is 27.6 Å². The quantitative estimate of drug-likeness (QED) is 0.478. The van der Waals surface area contributed by atoms with Gasteiger partial charge in [-0.25, -0.2) is 0 Å². The minimum atomic E-state index is -0.706. The van der Waals surface area contributed by atoms with Gasteiger partial charge in [0.15, 0.2) is 10.4 Å². The lowest BCUT2D eigenvalue weighted by atomic mass is 10.2. The van der Waals surface area contributed by atoms with Gasteiger partial charge in [-0.3, -0.25) is 10.1 Å². The number of anilines is 1. The zero-order valence-electron chi connectivity index (χ0n) is 14.5. The Morgan fingerprint density at radius 3 is 2.67 bits per heavy atom. The monoisotopic (exact) mass is 396 g/mol. The highest BCUT2D eigenvalue weighted by Crippen LogP contribution is 2.28. The molecule has 0 aliphatic rings. The minimum Gasteiger partial charge on any atom is -0.481 e. The molecule has 27 heavy (non-hydrogen) atoms. The molecular weight excluding hydrogens is 380 g/mol. The number of hydrogen-bond donors (Lipinski definition) is 1. The maximum Gasteiger partial charge on any atom is 0.266 e. The third-order valence-corrected chi connectivity index (χ3v) is 5.55. The van der Waals surface area contributed by atoms with Gasteiger partial charge in [0.1, 0.15) is 5.75 Å². The van der Waals surface area contributed by atoms with Crippen molar-refractivity contribution in [2.75, 3.05) is 5.32 Å². The lowest BCUT2D eigenvalue weighted by molar-refractivity contribution is -0.122. The highest BCUT2D eigenvalue weighted by atomic mass is 32.2. The standard InChI is InChI=1S/C19H16N4O2S2/c1-13(25-16-9-7-14(11-20)8-10-16)17(24)21-18-22-23-19(27-18)26-12-15-5-3-2-4-6-15/h2-10,13H,12H2,1H3,(H,21,22,24). The number of thioether (sulfide) groups is 1. The molecule has 0 saturated carbocycles. The lowest BCUT2D eigenvalue weighted by Crippen LogP contribution is -2.30. The fourth-order valence-corrected chi connectivity index (χ4v) is 3.82. The molecule has 1 amide bonds. The van der Waals surface area contributed by atoms with Crippen molar-refractivity contribution in [3.8, 4) is 11.8 Å². The molecule has 8 heteroatoms. The van der Waals surface area contributed by atoms with Crippen molar-refractivity contribution >= 4 is 34.1 Å². The SMILES string of the molecule is CC(Oc1ccc(C#N)cc1)C(=O)Nc1nnc(SCc2ccccc2)s1. The van der Waals surface area contributed by atoms with E-state index in [0.717, 1.165) is 10.1 Å². The van der Waals surface area contributed by atoms with Crippen molar-refractivity contribution in [3.63, 3.8) is 0 Å². The number of carbonyl (C=O) groups excluding carboxylic acids is 1. The number of nitrogens with one attached hydrogen (secondary N) is 1. The van der Waals surface area contributed by atoms with Gasteiger partial charge in [0.2, 0.25) is 5.13 Å². The second-order valence-corrected chi connectivity index (χ2v) is 7.73. The largest absolute Gasteiger partial charge is 0.481 e. The predicted octanol–water partition coefficient (Wildman–Crippen LogP) is 4.11. The van der Waals surface area contributed by atoms with Gasteiger partial charge in [0, 0.05) is 5.75 Å². The minimum absolute atomic E-state index is 0.310. The Morgan fingerprint density at radius 1 is 1.22 bits per heavy atom. The molecule has 1 aromatic heterocycles. The van der Waals surface area contributed by atoms with Crippen molar-refractivity contribution < 1.29 is 9.53 Å². The number of rotatable bonds is 7. The molecule has 3 rings (SSSR count). The Bertz CT molecular complexity index is 936. The fourth-order valence-electron chi connectivity index (χ4n) is 2.11. The summed E-state index contributed by atoms with van der Waals surface area (Å²) in [5, 5.41) is 20.1. The second-order valence-electron chi connectivity index (χ2n) is 5.53. The molecule has 3 aromatic rings. The van der Waals surface area contributed by atoms with Gasteiger partial charge in [-0.05, 0) is 36.8 Å². The average Bonchev–Trinajstić information content (AvgIpc) is 3.15. The maximum atomic E-state index is 12.3. The lowest BCUT2D eigenvalue weighted by Gasteiger charge is -2.13. The number of carbonyl (C=O) groups is 1. The molecule has 0 saturated heterocycles. The van der Waals surface area contributed by atoms with Crippen LogP contribution in [0.3, 0.4) is 0 Å². The van der Waals surface area contributed by atoms with Crippen LogP contribution >= 0.6 is 23.1 Å². The van der Waals surface area contributed by atoms with Gasteiger partial charge in [-0.1, -0.05) is 53.4 Å². The molecule has 1 atom stereocenters. The fraction of sp³-hybridized carbons (Fsp3) is 0.158. The summed E-state index contributed by atoms with van der Waals surface area (Å²) in [6, 6.07) is 18.7. The number of aromatic nitrogens is 2. The number of nitriles is 1. The normalized spacial score (nSPS) is 11.4. The summed E-state index contributed by atoms with van der Waals surface area (Å²) >= 11 is 2.90. The van der Waals surface area contributed by atoms with E-state index in [-0.39, 0.29) is 5.91 Å². The summed E-state index contributed by atoms with van der Waals surface area (Å²) in [7, 11) is 0. The summed E-state index contributed by atoms with van der Waals surface area (Å²) in [5.41, 5.74) is 1.74. The first kappa shape index (κ1) is 18.9. The van der Waals surface area contributed by atoms with E-state index >= 15 is 0 Å². The first-order valence-corrected chi connectivity index (χ1v) is 9.92. The summed E-state index contributed by atoms with van der Waals surface area (Å²) in [6.45, 7) is 1.65. The van der Waals surface area contributed by atoms with Gasteiger partial charge in [-0.2, -0.15) is 5.26 Å². The van der Waals surface area contributed by atoms with Crippen LogP contribution in [0.15, 0.2) is 58.9 Å². The molecule has 6 nitrogen and oxygen atoms in total. The molecule has 1 heterocycles. The van der Waals surface area contributed by atoms with Crippen LogP contribution in [0, 0.1) is 11.3 Å². The highest BCUT2D eigenvalue weighted by Gasteiger charge is 2.17. The molecule has 0 spiro atoms. The molecular formula is C19H16N4O2S2. The first-order chi connectivity index (χ1) is 13.1. The van der Waals surface area contributed by atoms with Crippen LogP contribution < -0.4 is 10.1 Å². The Labute approximate surface area is 165 Å². The van der Waals surface area contributed by atoms with Crippen molar-refractivity contribution in [3.05, 3.63) is 65.7 Å². The van der Waals surface area contributed by atoms with Gasteiger partial charge in [0.05, 0.1) is 11.6 Å². The van der Waals surface area contributed by atoms with Gasteiger partial charge in [0.25, 0.3) is 5.91 Å². The third kappa shape index (κ3) is 5.54. The van der Waals surface area contributed by atoms with E-state index in [1.54, 1.807) is 43.0 Å². The molecule has 2 aromatic carbocycles. The number of amides is 1. The van der Waals surface area contributed by atoms with E-state index in [0.29, 0.717) is 16.4 Å². The highest BCUT2D eigenvalue weighted by molar-refractivity contribution is 8.00. The molecule has 0 fully saturated rings. The van der Waals surface area contributed by atoms with E-state index in [4.69, 9.17) is 10.00 Å². The molecule has 1 unspecified atom stereocenters. The summed E-state index contributed by atoms with van der Waals surface area (Å²) in [5.74, 6) is 1.00. The molecule has 0 bridgehead atoms. The van der Waals surface area contributed by atoms with Crippen LogP contribution in [0.1, 0.15) is 18.1 Å². The van der Waals surface area contributed by atoms with Crippen LogP contribution in [0.4, 0.5) is 5.13 Å². The predicted molar refractivity (Wildman–Crippen MR) is 106 cm³/mol. The maximum absolute atomic E-state index is 12.3. The second kappa shape index (κ2) is 9.16. The molecule has 136 valence electrons.